The fourth-order valence-electron chi connectivity index (χ4n) is 3.29. The van der Waals surface area contributed by atoms with Crippen LogP contribution in [0.2, 0.25) is 0 Å². The highest BCUT2D eigenvalue weighted by Gasteiger charge is 2.17. The Kier molecular flexibility index (Phi) is 4.07. The van der Waals surface area contributed by atoms with E-state index in [1.54, 1.807) is 6.07 Å². The summed E-state index contributed by atoms with van der Waals surface area (Å²) in [5.41, 5.74) is 6.11. The highest BCUT2D eigenvalue weighted by atomic mass is 19.1. The number of nitrogens with one attached hydrogen (secondary N) is 1. The number of hydrogen-bond acceptors (Lipinski definition) is 1. The molecule has 110 valence electrons. The molecule has 0 heterocycles. The molecule has 0 aromatic heterocycles. The lowest BCUT2D eigenvalue weighted by Gasteiger charge is -2.18. The van der Waals surface area contributed by atoms with Crippen molar-refractivity contribution in [1.29, 1.82) is 0 Å². The Labute approximate surface area is 126 Å². The van der Waals surface area contributed by atoms with Crippen LogP contribution >= 0.6 is 0 Å². The number of benzene rings is 2. The molecule has 0 saturated carbocycles. The summed E-state index contributed by atoms with van der Waals surface area (Å²) in [6.45, 7) is 2.01. The van der Waals surface area contributed by atoms with Crippen LogP contribution in [0.4, 0.5) is 4.39 Å². The zero-order chi connectivity index (χ0) is 14.8. The molecule has 2 aromatic rings. The van der Waals surface area contributed by atoms with E-state index in [9.17, 15) is 4.39 Å². The zero-order valence-electron chi connectivity index (χ0n) is 12.7. The van der Waals surface area contributed by atoms with Gasteiger partial charge < -0.3 is 5.32 Å². The predicted octanol–water partition coefficient (Wildman–Crippen LogP) is 4.13. The first-order chi connectivity index (χ1) is 10.2. The van der Waals surface area contributed by atoms with E-state index in [0.29, 0.717) is 0 Å². The fraction of sp³-hybridized carbons (Fsp3) is 0.368. The second-order valence-electron chi connectivity index (χ2n) is 6.03. The largest absolute Gasteiger partial charge is 0.313 e. The van der Waals surface area contributed by atoms with Gasteiger partial charge in [0.25, 0.3) is 0 Å². The first kappa shape index (κ1) is 14.3. The maximum atomic E-state index is 14.1. The molecule has 0 spiro atoms. The summed E-state index contributed by atoms with van der Waals surface area (Å²) in [5, 5.41) is 3.26. The van der Waals surface area contributed by atoms with Crippen LogP contribution in [0.25, 0.3) is 0 Å². The fourth-order valence-corrected chi connectivity index (χ4v) is 3.29. The van der Waals surface area contributed by atoms with Crippen LogP contribution in [0.15, 0.2) is 36.4 Å². The van der Waals surface area contributed by atoms with Gasteiger partial charge >= 0.3 is 0 Å². The third-order valence-corrected chi connectivity index (χ3v) is 4.48. The Balaban J connectivity index is 1.86. The van der Waals surface area contributed by atoms with Crippen molar-refractivity contribution in [3.05, 3.63) is 70.0 Å². The van der Waals surface area contributed by atoms with Crippen molar-refractivity contribution >= 4 is 0 Å². The van der Waals surface area contributed by atoms with E-state index in [2.05, 4.69) is 23.5 Å². The zero-order valence-corrected chi connectivity index (χ0v) is 12.7. The lowest BCUT2D eigenvalue weighted by Crippen LogP contribution is -2.20. The molecule has 1 unspecified atom stereocenters. The van der Waals surface area contributed by atoms with Crippen LogP contribution in [0.3, 0.4) is 0 Å². The van der Waals surface area contributed by atoms with Crippen molar-refractivity contribution in [1.82, 2.24) is 5.32 Å². The lowest BCUT2D eigenvalue weighted by molar-refractivity contribution is 0.533. The van der Waals surface area contributed by atoms with Crippen LogP contribution in [0.5, 0.6) is 0 Å². The van der Waals surface area contributed by atoms with Crippen molar-refractivity contribution < 1.29 is 4.39 Å². The summed E-state index contributed by atoms with van der Waals surface area (Å²) in [6, 6.07) is 12.1. The molecule has 21 heavy (non-hydrogen) atoms. The molecule has 2 aromatic carbocycles. The average molecular weight is 283 g/mol. The first-order valence-electron chi connectivity index (χ1n) is 7.71. The molecule has 2 heteroatoms. The molecule has 1 aliphatic carbocycles. The Bertz CT molecular complexity index is 648. The molecule has 1 atom stereocenters. The molecule has 3 rings (SSSR count). The van der Waals surface area contributed by atoms with Crippen molar-refractivity contribution in [2.75, 3.05) is 7.05 Å². The van der Waals surface area contributed by atoms with Crippen molar-refractivity contribution in [3.63, 3.8) is 0 Å². The number of rotatable bonds is 4. The Morgan fingerprint density at radius 1 is 1.10 bits per heavy atom. The van der Waals surface area contributed by atoms with Gasteiger partial charge in [0, 0.05) is 11.6 Å². The molecular weight excluding hydrogens is 261 g/mol. The van der Waals surface area contributed by atoms with Gasteiger partial charge in [0.2, 0.25) is 0 Å². The van der Waals surface area contributed by atoms with Crippen LogP contribution in [-0.4, -0.2) is 7.05 Å². The van der Waals surface area contributed by atoms with Gasteiger partial charge in [-0.2, -0.15) is 0 Å². The Morgan fingerprint density at radius 2 is 1.90 bits per heavy atom. The standard InChI is InChI=1S/C19H22FN/c1-13-6-9-18(20)17(10-13)19(21-2)12-14-7-8-15-4-3-5-16(15)11-14/h6-11,19,21H,3-5,12H2,1-2H3. The normalized spacial score (nSPS) is 15.0. The third-order valence-electron chi connectivity index (χ3n) is 4.48. The number of likely N-dealkylation sites (N-methyl/N-ethyl adjacent to an activating group) is 1. The molecule has 0 bridgehead atoms. The molecule has 1 nitrogen and oxygen atoms in total. The van der Waals surface area contributed by atoms with E-state index < -0.39 is 0 Å². The van der Waals surface area contributed by atoms with Crippen LogP contribution in [0, 0.1) is 12.7 Å². The van der Waals surface area contributed by atoms with Crippen LogP contribution < -0.4 is 5.32 Å². The van der Waals surface area contributed by atoms with E-state index in [-0.39, 0.29) is 11.9 Å². The monoisotopic (exact) mass is 283 g/mol. The van der Waals surface area contributed by atoms with Crippen molar-refractivity contribution in [2.24, 2.45) is 0 Å². The third kappa shape index (κ3) is 3.01. The highest BCUT2D eigenvalue weighted by Crippen LogP contribution is 2.26. The molecule has 0 amide bonds. The first-order valence-corrected chi connectivity index (χ1v) is 7.71. The summed E-state index contributed by atoms with van der Waals surface area (Å²) >= 11 is 0. The number of halogens is 1. The number of hydrogen-bond donors (Lipinski definition) is 1. The number of aryl methyl sites for hydroxylation is 3. The minimum Gasteiger partial charge on any atom is -0.313 e. The maximum Gasteiger partial charge on any atom is 0.128 e. The van der Waals surface area contributed by atoms with Gasteiger partial charge in [-0.25, -0.2) is 4.39 Å². The SMILES string of the molecule is CNC(Cc1ccc2c(c1)CCC2)c1cc(C)ccc1F. The highest BCUT2D eigenvalue weighted by molar-refractivity contribution is 5.36. The topological polar surface area (TPSA) is 12.0 Å². The van der Waals surface area contributed by atoms with E-state index in [0.717, 1.165) is 17.5 Å². The molecule has 0 saturated heterocycles. The molecular formula is C19H22FN. The maximum absolute atomic E-state index is 14.1. The van der Waals surface area contributed by atoms with Crippen LogP contribution in [0.1, 0.15) is 40.3 Å². The summed E-state index contributed by atoms with van der Waals surface area (Å²) in [5.74, 6) is -0.124. The molecule has 1 N–H and O–H groups in total. The summed E-state index contributed by atoms with van der Waals surface area (Å²) in [4.78, 5) is 0. The van der Waals surface area contributed by atoms with Gasteiger partial charge in [-0.3, -0.25) is 0 Å². The van der Waals surface area contributed by atoms with Crippen LogP contribution in [-0.2, 0) is 19.3 Å². The summed E-state index contributed by atoms with van der Waals surface area (Å²) in [6.07, 6.45) is 4.48. The second-order valence-corrected chi connectivity index (χ2v) is 6.03. The minimum absolute atomic E-state index is 0.0179. The van der Waals surface area contributed by atoms with E-state index in [1.807, 2.05) is 26.1 Å². The van der Waals surface area contributed by atoms with Gasteiger partial charge in [-0.15, -0.1) is 0 Å². The summed E-state index contributed by atoms with van der Waals surface area (Å²) < 4.78 is 14.1. The quantitative estimate of drug-likeness (QED) is 0.889. The van der Waals surface area contributed by atoms with Crippen molar-refractivity contribution in [2.45, 2.75) is 38.6 Å². The molecule has 0 radical (unpaired) electrons. The second kappa shape index (κ2) is 5.98. The lowest BCUT2D eigenvalue weighted by atomic mass is 9.95. The van der Waals surface area contributed by atoms with Gasteiger partial charge in [0.15, 0.2) is 0 Å². The van der Waals surface area contributed by atoms with Crippen molar-refractivity contribution in [3.8, 4) is 0 Å². The molecule has 1 aliphatic rings. The summed E-state index contributed by atoms with van der Waals surface area (Å²) in [7, 11) is 1.90. The van der Waals surface area contributed by atoms with E-state index in [4.69, 9.17) is 0 Å². The Morgan fingerprint density at radius 3 is 2.71 bits per heavy atom. The van der Waals surface area contributed by atoms with Gasteiger partial charge in [0.05, 0.1) is 0 Å². The number of fused-ring (bicyclic) bond motifs is 1. The van der Waals surface area contributed by atoms with E-state index in [1.165, 1.54) is 36.0 Å². The van der Waals surface area contributed by atoms with E-state index >= 15 is 0 Å². The predicted molar refractivity (Wildman–Crippen MR) is 85.1 cm³/mol. The van der Waals surface area contributed by atoms with Gasteiger partial charge in [0.1, 0.15) is 5.82 Å². The van der Waals surface area contributed by atoms with Gasteiger partial charge in [-0.05, 0) is 62.4 Å². The molecule has 0 fully saturated rings. The Hall–Kier alpha value is -1.67. The minimum atomic E-state index is -0.124. The molecule has 0 aliphatic heterocycles. The van der Waals surface area contributed by atoms with Gasteiger partial charge in [-0.1, -0.05) is 35.9 Å². The smallest absolute Gasteiger partial charge is 0.128 e. The average Bonchev–Trinajstić information content (AvgIpc) is 2.95.